The van der Waals surface area contributed by atoms with Gasteiger partial charge in [-0.2, -0.15) is 0 Å². The molecule has 6 nitrogen and oxygen atoms in total. The molecule has 1 amide bonds. The molecular weight excluding hydrogens is 336 g/mol. The molecule has 1 saturated heterocycles. The lowest BCUT2D eigenvalue weighted by molar-refractivity contribution is 0.105. The van der Waals surface area contributed by atoms with Gasteiger partial charge in [0.05, 0.1) is 5.88 Å². The minimum absolute atomic E-state index is 0.266. The molecule has 0 unspecified atom stereocenters. The molecule has 1 aliphatic carbocycles. The molecule has 1 aliphatic heterocycles. The molecular formula is C15H23ClN4O2S. The Morgan fingerprint density at radius 1 is 1.17 bits per heavy atom. The van der Waals surface area contributed by atoms with Crippen molar-refractivity contribution >= 4 is 34.2 Å². The van der Waals surface area contributed by atoms with Crippen molar-refractivity contribution in [3.8, 4) is 0 Å². The van der Waals surface area contributed by atoms with Crippen LogP contribution >= 0.6 is 22.9 Å². The van der Waals surface area contributed by atoms with Gasteiger partial charge in [0.1, 0.15) is 11.6 Å². The fourth-order valence-corrected chi connectivity index (χ4v) is 4.31. The summed E-state index contributed by atoms with van der Waals surface area (Å²) < 4.78 is 5.07. The first kappa shape index (κ1) is 16.8. The number of aromatic nitrogens is 2. The first-order valence-electron chi connectivity index (χ1n) is 8.34. The largest absolute Gasteiger partial charge is 0.448 e. The minimum atomic E-state index is -0.273. The minimum Gasteiger partial charge on any atom is -0.448 e. The van der Waals surface area contributed by atoms with Crippen molar-refractivity contribution in [1.82, 2.24) is 15.1 Å². The van der Waals surface area contributed by atoms with E-state index >= 15 is 0 Å². The number of halogens is 1. The molecule has 128 valence electrons. The van der Waals surface area contributed by atoms with Gasteiger partial charge < -0.3 is 14.5 Å². The average molecular weight is 359 g/mol. The molecule has 2 aliphatic rings. The zero-order valence-corrected chi connectivity index (χ0v) is 14.8. The molecule has 0 atom stereocenters. The van der Waals surface area contributed by atoms with Gasteiger partial charge in [0.15, 0.2) is 0 Å². The standard InChI is InChI=1S/C15H23ClN4O2S/c16-6-11-22-15(21)20-9-7-19(8-10-20)14-18-17-13(23-14)12-4-2-1-3-5-12/h12H,1-11H2. The summed E-state index contributed by atoms with van der Waals surface area (Å²) in [5, 5.41) is 11.0. The van der Waals surface area contributed by atoms with Gasteiger partial charge in [-0.25, -0.2) is 4.79 Å². The Bertz CT molecular complexity index is 513. The van der Waals surface area contributed by atoms with Gasteiger partial charge in [-0.1, -0.05) is 30.6 Å². The lowest BCUT2D eigenvalue weighted by Gasteiger charge is -2.33. The van der Waals surface area contributed by atoms with Crippen molar-refractivity contribution in [2.24, 2.45) is 0 Å². The second-order valence-electron chi connectivity index (χ2n) is 6.04. The molecule has 1 aromatic rings. The average Bonchev–Trinajstić information content (AvgIpc) is 3.11. The molecule has 0 radical (unpaired) electrons. The number of carbonyl (C=O) groups is 1. The summed E-state index contributed by atoms with van der Waals surface area (Å²) in [7, 11) is 0. The predicted molar refractivity (Wildman–Crippen MR) is 91.6 cm³/mol. The zero-order valence-electron chi connectivity index (χ0n) is 13.2. The third kappa shape index (κ3) is 4.26. The van der Waals surface area contributed by atoms with Crippen LogP contribution in [0.5, 0.6) is 0 Å². The van der Waals surface area contributed by atoms with Crippen LogP contribution in [0, 0.1) is 0 Å². The maximum atomic E-state index is 11.8. The number of alkyl halides is 1. The van der Waals surface area contributed by atoms with Gasteiger partial charge >= 0.3 is 6.09 Å². The number of anilines is 1. The van der Waals surface area contributed by atoms with Gasteiger partial charge in [-0.3, -0.25) is 0 Å². The Kier molecular flexibility index (Phi) is 5.94. The highest BCUT2D eigenvalue weighted by molar-refractivity contribution is 7.15. The normalized spacial score (nSPS) is 19.9. The Hall–Kier alpha value is -1.08. The first-order valence-corrected chi connectivity index (χ1v) is 9.69. The number of carbonyl (C=O) groups excluding carboxylic acids is 1. The molecule has 23 heavy (non-hydrogen) atoms. The molecule has 2 heterocycles. The fourth-order valence-electron chi connectivity index (χ4n) is 3.17. The highest BCUT2D eigenvalue weighted by atomic mass is 35.5. The van der Waals surface area contributed by atoms with Crippen LogP contribution in [0.2, 0.25) is 0 Å². The second kappa shape index (κ2) is 8.15. The third-order valence-corrected chi connectivity index (χ3v) is 5.80. The maximum absolute atomic E-state index is 11.8. The van der Waals surface area contributed by atoms with Crippen molar-refractivity contribution in [2.45, 2.75) is 38.0 Å². The van der Waals surface area contributed by atoms with Crippen LogP contribution in [0.1, 0.15) is 43.0 Å². The van der Waals surface area contributed by atoms with Gasteiger partial charge in [0.2, 0.25) is 5.13 Å². The van der Waals surface area contributed by atoms with Crippen molar-refractivity contribution in [3.05, 3.63) is 5.01 Å². The lowest BCUT2D eigenvalue weighted by atomic mass is 9.90. The van der Waals surface area contributed by atoms with Crippen LogP contribution in [-0.4, -0.2) is 59.9 Å². The van der Waals surface area contributed by atoms with Gasteiger partial charge in [-0.05, 0) is 12.8 Å². The van der Waals surface area contributed by atoms with Crippen LogP contribution in [-0.2, 0) is 4.74 Å². The highest BCUT2D eigenvalue weighted by Crippen LogP contribution is 2.36. The van der Waals surface area contributed by atoms with Crippen LogP contribution in [0.15, 0.2) is 0 Å². The molecule has 0 bridgehead atoms. The van der Waals surface area contributed by atoms with Crippen LogP contribution in [0.3, 0.4) is 0 Å². The number of hydrogen-bond acceptors (Lipinski definition) is 6. The van der Waals surface area contributed by atoms with Crippen molar-refractivity contribution in [3.63, 3.8) is 0 Å². The lowest BCUT2D eigenvalue weighted by Crippen LogP contribution is -2.49. The van der Waals surface area contributed by atoms with Crippen LogP contribution < -0.4 is 4.90 Å². The third-order valence-electron chi connectivity index (χ3n) is 4.50. The maximum Gasteiger partial charge on any atom is 0.409 e. The quantitative estimate of drug-likeness (QED) is 0.774. The molecule has 3 rings (SSSR count). The van der Waals surface area contributed by atoms with Gasteiger partial charge in [0.25, 0.3) is 0 Å². The topological polar surface area (TPSA) is 58.6 Å². The SMILES string of the molecule is O=C(OCCCl)N1CCN(c2nnc(C3CCCCC3)s2)CC1. The predicted octanol–water partition coefficient (Wildman–Crippen LogP) is 3.08. The Balaban J connectivity index is 1.51. The van der Waals surface area contributed by atoms with E-state index in [9.17, 15) is 4.79 Å². The van der Waals surface area contributed by atoms with Crippen LogP contribution in [0.25, 0.3) is 0 Å². The summed E-state index contributed by atoms with van der Waals surface area (Å²) in [5.41, 5.74) is 0. The number of piperazine rings is 1. The molecule has 1 aromatic heterocycles. The van der Waals surface area contributed by atoms with E-state index in [1.807, 2.05) is 0 Å². The molecule has 0 aromatic carbocycles. The van der Waals surface area contributed by atoms with Gasteiger partial charge in [-0.15, -0.1) is 21.8 Å². The van der Waals surface area contributed by atoms with E-state index in [0.717, 1.165) is 18.2 Å². The second-order valence-corrected chi connectivity index (χ2v) is 7.40. The van der Waals surface area contributed by atoms with E-state index in [0.29, 0.717) is 24.9 Å². The molecule has 0 spiro atoms. The Morgan fingerprint density at radius 2 is 1.91 bits per heavy atom. The molecule has 0 N–H and O–H groups in total. The highest BCUT2D eigenvalue weighted by Gasteiger charge is 2.26. The van der Waals surface area contributed by atoms with E-state index < -0.39 is 0 Å². The Labute approximate surface area is 145 Å². The summed E-state index contributed by atoms with van der Waals surface area (Å²) in [5.74, 6) is 0.933. The number of hydrogen-bond donors (Lipinski definition) is 0. The van der Waals surface area contributed by atoms with E-state index in [2.05, 4.69) is 15.1 Å². The molecule has 1 saturated carbocycles. The summed E-state index contributed by atoms with van der Waals surface area (Å²) in [6.45, 7) is 3.12. The van der Waals surface area contributed by atoms with E-state index in [4.69, 9.17) is 16.3 Å². The van der Waals surface area contributed by atoms with Crippen LogP contribution in [0.4, 0.5) is 9.93 Å². The van der Waals surface area contributed by atoms with Crippen molar-refractivity contribution in [2.75, 3.05) is 43.6 Å². The number of amides is 1. The van der Waals surface area contributed by atoms with Gasteiger partial charge in [0, 0.05) is 32.1 Å². The summed E-state index contributed by atoms with van der Waals surface area (Å²) in [6.07, 6.45) is 6.18. The summed E-state index contributed by atoms with van der Waals surface area (Å²) in [6, 6.07) is 0. The Morgan fingerprint density at radius 3 is 2.61 bits per heavy atom. The summed E-state index contributed by atoms with van der Waals surface area (Å²) >= 11 is 7.26. The van der Waals surface area contributed by atoms with E-state index in [1.54, 1.807) is 16.2 Å². The summed E-state index contributed by atoms with van der Waals surface area (Å²) in [4.78, 5) is 15.8. The van der Waals surface area contributed by atoms with Crippen molar-refractivity contribution < 1.29 is 9.53 Å². The van der Waals surface area contributed by atoms with E-state index in [1.165, 1.54) is 37.1 Å². The number of ether oxygens (including phenoxy) is 1. The first-order chi connectivity index (χ1) is 11.3. The molecule has 8 heteroatoms. The monoisotopic (exact) mass is 358 g/mol. The smallest absolute Gasteiger partial charge is 0.409 e. The number of rotatable bonds is 4. The van der Waals surface area contributed by atoms with Crippen molar-refractivity contribution in [1.29, 1.82) is 0 Å². The molecule has 2 fully saturated rings. The zero-order chi connectivity index (χ0) is 16.1. The fraction of sp³-hybridized carbons (Fsp3) is 0.800. The number of nitrogens with zero attached hydrogens (tertiary/aromatic N) is 4. The van der Waals surface area contributed by atoms with E-state index in [-0.39, 0.29) is 12.7 Å².